The van der Waals surface area contributed by atoms with Crippen LogP contribution in [0, 0.1) is 11.3 Å². The SMILES string of the molecule is CCn1c(=O)c2c(ncn2Cc2ccc(C#N)cc2)n(-c2ccc(C(C)C)cc2)c1=O. The maximum absolute atomic E-state index is 13.1. The minimum atomic E-state index is -0.402. The van der Waals surface area contributed by atoms with Gasteiger partial charge in [-0.2, -0.15) is 5.26 Å². The Morgan fingerprint density at radius 2 is 1.71 bits per heavy atom. The Bertz CT molecular complexity index is 1400. The summed E-state index contributed by atoms with van der Waals surface area (Å²) in [4.78, 5) is 30.7. The van der Waals surface area contributed by atoms with Gasteiger partial charge in [0.25, 0.3) is 5.56 Å². The first-order chi connectivity index (χ1) is 14.9. The first-order valence-corrected chi connectivity index (χ1v) is 10.2. The molecule has 0 aliphatic heterocycles. The van der Waals surface area contributed by atoms with Crippen LogP contribution in [0.5, 0.6) is 0 Å². The second-order valence-electron chi connectivity index (χ2n) is 7.77. The van der Waals surface area contributed by atoms with Gasteiger partial charge in [0.05, 0.1) is 23.6 Å². The molecule has 0 saturated carbocycles. The van der Waals surface area contributed by atoms with Gasteiger partial charge in [0.1, 0.15) is 0 Å². The summed E-state index contributed by atoms with van der Waals surface area (Å²) in [5.41, 5.74) is 3.30. The number of hydrogen-bond donors (Lipinski definition) is 0. The van der Waals surface area contributed by atoms with Gasteiger partial charge in [-0.1, -0.05) is 38.1 Å². The predicted molar refractivity (Wildman–Crippen MR) is 120 cm³/mol. The molecule has 0 spiro atoms. The highest BCUT2D eigenvalue weighted by molar-refractivity contribution is 5.72. The van der Waals surface area contributed by atoms with Gasteiger partial charge in [-0.25, -0.2) is 14.3 Å². The fourth-order valence-corrected chi connectivity index (χ4v) is 3.70. The lowest BCUT2D eigenvalue weighted by Crippen LogP contribution is -2.39. The van der Waals surface area contributed by atoms with Crippen molar-refractivity contribution in [1.29, 1.82) is 5.26 Å². The summed E-state index contributed by atoms with van der Waals surface area (Å²) in [5.74, 6) is 0.377. The van der Waals surface area contributed by atoms with Crippen LogP contribution in [0.2, 0.25) is 0 Å². The number of hydrogen-bond acceptors (Lipinski definition) is 4. The van der Waals surface area contributed by atoms with E-state index in [4.69, 9.17) is 5.26 Å². The number of imidazole rings is 1. The summed E-state index contributed by atoms with van der Waals surface area (Å²) in [6, 6.07) is 17.0. The molecule has 0 N–H and O–H groups in total. The number of aromatic nitrogens is 4. The van der Waals surface area contributed by atoms with E-state index in [1.807, 2.05) is 36.4 Å². The highest BCUT2D eigenvalue weighted by Crippen LogP contribution is 2.19. The van der Waals surface area contributed by atoms with Gasteiger partial charge in [-0.3, -0.25) is 9.36 Å². The van der Waals surface area contributed by atoms with Gasteiger partial charge in [-0.05, 0) is 48.2 Å². The van der Waals surface area contributed by atoms with Crippen LogP contribution in [0.15, 0.2) is 64.4 Å². The summed E-state index contributed by atoms with van der Waals surface area (Å²) >= 11 is 0. The lowest BCUT2D eigenvalue weighted by molar-refractivity contribution is 0.655. The minimum absolute atomic E-state index is 0.264. The molecule has 0 aliphatic rings. The van der Waals surface area contributed by atoms with Crippen molar-refractivity contribution in [1.82, 2.24) is 18.7 Å². The van der Waals surface area contributed by atoms with Crippen molar-refractivity contribution in [2.45, 2.75) is 39.8 Å². The minimum Gasteiger partial charge on any atom is -0.320 e. The van der Waals surface area contributed by atoms with Crippen molar-refractivity contribution < 1.29 is 0 Å². The molecule has 2 heterocycles. The van der Waals surface area contributed by atoms with Crippen LogP contribution in [-0.4, -0.2) is 18.7 Å². The van der Waals surface area contributed by atoms with Crippen LogP contribution < -0.4 is 11.2 Å². The van der Waals surface area contributed by atoms with E-state index in [2.05, 4.69) is 24.9 Å². The number of nitriles is 1. The van der Waals surface area contributed by atoms with Gasteiger partial charge in [0, 0.05) is 13.1 Å². The Labute approximate surface area is 179 Å². The normalized spacial score (nSPS) is 11.2. The van der Waals surface area contributed by atoms with Gasteiger partial charge >= 0.3 is 5.69 Å². The van der Waals surface area contributed by atoms with E-state index in [-0.39, 0.29) is 12.1 Å². The second kappa shape index (κ2) is 8.07. The number of rotatable bonds is 5. The van der Waals surface area contributed by atoms with Crippen LogP contribution >= 0.6 is 0 Å². The second-order valence-corrected chi connectivity index (χ2v) is 7.77. The zero-order chi connectivity index (χ0) is 22.1. The summed E-state index contributed by atoms with van der Waals surface area (Å²) in [7, 11) is 0. The molecule has 0 unspecified atom stereocenters. The van der Waals surface area contributed by atoms with E-state index in [1.54, 1.807) is 30.0 Å². The van der Waals surface area contributed by atoms with Gasteiger partial charge in [-0.15, -0.1) is 0 Å². The van der Waals surface area contributed by atoms with E-state index in [0.29, 0.717) is 34.9 Å². The van der Waals surface area contributed by atoms with Crippen molar-refractivity contribution in [2.24, 2.45) is 0 Å². The molecule has 31 heavy (non-hydrogen) atoms. The Hall–Kier alpha value is -3.92. The van der Waals surface area contributed by atoms with E-state index >= 15 is 0 Å². The molecule has 0 bridgehead atoms. The standard InChI is InChI=1S/C24H23N5O2/c1-4-28-23(30)21-22(26-15-27(21)14-18-7-5-17(13-25)6-8-18)29(24(28)31)20-11-9-19(10-12-20)16(2)3/h5-12,15-16H,4,14H2,1-3H3. The van der Waals surface area contributed by atoms with Crippen LogP contribution in [-0.2, 0) is 13.1 Å². The smallest absolute Gasteiger partial charge is 0.320 e. The molecule has 0 saturated heterocycles. The zero-order valence-electron chi connectivity index (χ0n) is 17.7. The topological polar surface area (TPSA) is 85.6 Å². The van der Waals surface area contributed by atoms with Crippen molar-refractivity contribution in [2.75, 3.05) is 0 Å². The quantitative estimate of drug-likeness (QED) is 0.502. The number of benzene rings is 2. The molecular formula is C24H23N5O2. The summed E-state index contributed by atoms with van der Waals surface area (Å²) in [6.45, 7) is 6.68. The molecule has 156 valence electrons. The molecule has 0 aliphatic carbocycles. The molecule has 2 aromatic carbocycles. The Balaban J connectivity index is 1.90. The maximum Gasteiger partial charge on any atom is 0.337 e. The van der Waals surface area contributed by atoms with Crippen LogP contribution in [0.3, 0.4) is 0 Å². The Morgan fingerprint density at radius 3 is 2.29 bits per heavy atom. The van der Waals surface area contributed by atoms with E-state index in [0.717, 1.165) is 5.56 Å². The molecule has 0 radical (unpaired) electrons. The molecule has 4 aromatic rings. The van der Waals surface area contributed by atoms with E-state index in [1.165, 1.54) is 14.7 Å². The Kier molecular flexibility index (Phi) is 5.30. The fourth-order valence-electron chi connectivity index (χ4n) is 3.70. The first kappa shape index (κ1) is 20.4. The van der Waals surface area contributed by atoms with Crippen molar-refractivity contribution in [3.8, 4) is 11.8 Å². The van der Waals surface area contributed by atoms with E-state index in [9.17, 15) is 9.59 Å². The van der Waals surface area contributed by atoms with Crippen LogP contribution in [0.1, 0.15) is 43.4 Å². The molecule has 0 amide bonds. The monoisotopic (exact) mass is 413 g/mol. The molecule has 0 atom stereocenters. The first-order valence-electron chi connectivity index (χ1n) is 10.2. The van der Waals surface area contributed by atoms with Crippen LogP contribution in [0.25, 0.3) is 16.9 Å². The highest BCUT2D eigenvalue weighted by atomic mass is 16.2. The largest absolute Gasteiger partial charge is 0.337 e. The van der Waals surface area contributed by atoms with Gasteiger partial charge < -0.3 is 4.57 Å². The lowest BCUT2D eigenvalue weighted by Gasteiger charge is -2.13. The van der Waals surface area contributed by atoms with Gasteiger partial charge in [0.2, 0.25) is 0 Å². The highest BCUT2D eigenvalue weighted by Gasteiger charge is 2.18. The van der Waals surface area contributed by atoms with Gasteiger partial charge in [0.15, 0.2) is 11.2 Å². The molecule has 2 aromatic heterocycles. The lowest BCUT2D eigenvalue weighted by atomic mass is 10.0. The summed E-state index contributed by atoms with van der Waals surface area (Å²) < 4.78 is 4.49. The van der Waals surface area contributed by atoms with Crippen molar-refractivity contribution in [3.05, 3.63) is 92.4 Å². The molecule has 7 nitrogen and oxygen atoms in total. The van der Waals surface area contributed by atoms with Crippen molar-refractivity contribution >= 4 is 11.2 Å². The summed E-state index contributed by atoms with van der Waals surface area (Å²) in [5, 5.41) is 8.99. The molecule has 4 rings (SSSR count). The zero-order valence-corrected chi connectivity index (χ0v) is 17.7. The average molecular weight is 413 g/mol. The van der Waals surface area contributed by atoms with E-state index < -0.39 is 5.69 Å². The number of fused-ring (bicyclic) bond motifs is 1. The summed E-state index contributed by atoms with van der Waals surface area (Å²) in [6.07, 6.45) is 1.59. The third-order valence-corrected chi connectivity index (χ3v) is 5.47. The van der Waals surface area contributed by atoms with Crippen molar-refractivity contribution in [3.63, 3.8) is 0 Å². The molecule has 0 fully saturated rings. The third kappa shape index (κ3) is 3.57. The van der Waals surface area contributed by atoms with Crippen LogP contribution in [0.4, 0.5) is 0 Å². The molecule has 7 heteroatoms. The maximum atomic E-state index is 13.1. The Morgan fingerprint density at radius 1 is 1.03 bits per heavy atom. The number of nitrogens with zero attached hydrogens (tertiary/aromatic N) is 5. The molecular weight excluding hydrogens is 390 g/mol. The fraction of sp³-hybridized carbons (Fsp3) is 0.250. The third-order valence-electron chi connectivity index (χ3n) is 5.47. The predicted octanol–water partition coefficient (Wildman–Crippen LogP) is 3.41. The average Bonchev–Trinajstić information content (AvgIpc) is 3.18.